The van der Waals surface area contributed by atoms with E-state index in [0.717, 1.165) is 5.97 Å². The third-order valence-electron chi connectivity index (χ3n) is 0.110. The Morgan fingerprint density at radius 2 is 2.00 bits per heavy atom. The van der Waals surface area contributed by atoms with Crippen molar-refractivity contribution in [3.8, 4) is 5.97 Å². The molecule has 3 nitrogen and oxygen atoms in total. The number of nitrogens with zero attached hydrogens (tertiary/aromatic N) is 1. The van der Waals surface area contributed by atoms with Crippen LogP contribution in [-0.4, -0.2) is 12.1 Å². The van der Waals surface area contributed by atoms with Crippen LogP contribution in [0.1, 0.15) is 0 Å². The van der Waals surface area contributed by atoms with E-state index in [1.807, 2.05) is 0 Å². The zero-order valence-corrected chi connectivity index (χ0v) is 5.38. The van der Waals surface area contributed by atoms with Crippen LogP contribution in [0.25, 0.3) is 0 Å². The Bertz CT molecular complexity index is 59.1. The largest absolute Gasteiger partial charge is 1.00 e. The van der Waals surface area contributed by atoms with E-state index in [4.69, 9.17) is 15.3 Å². The van der Waals surface area contributed by atoms with Gasteiger partial charge in [-0.15, -0.1) is 0 Å². The average molecular weight is 92.8 g/mol. The summed E-state index contributed by atoms with van der Waals surface area (Å²) in [5, 5.41) is 23.9. The van der Waals surface area contributed by atoms with E-state index in [0.29, 0.717) is 0 Å². The van der Waals surface area contributed by atoms with Crippen molar-refractivity contribution < 1.29 is 39.6 Å². The minimum atomic E-state index is -2.06. The van der Waals surface area contributed by atoms with Gasteiger partial charge in [-0.05, 0) is 0 Å². The van der Waals surface area contributed by atoms with Crippen molar-refractivity contribution in [2.75, 3.05) is 0 Å². The van der Waals surface area contributed by atoms with Crippen LogP contribution in [0.5, 0.6) is 0 Å². The molecule has 0 unspecified atom stereocenters. The minimum Gasteiger partial charge on any atom is -0.844 e. The van der Waals surface area contributed by atoms with Gasteiger partial charge in [0.05, 0.1) is 0 Å². The average Bonchev–Trinajstić information content (AvgIpc) is 1.38. The molecule has 0 aromatic rings. The second-order valence-electron chi connectivity index (χ2n) is 0.481. The summed E-state index contributed by atoms with van der Waals surface area (Å²) < 4.78 is 0. The van der Waals surface area contributed by atoms with E-state index < -0.39 is 7.12 Å². The molecule has 0 spiro atoms. The van der Waals surface area contributed by atoms with Gasteiger partial charge in [0, 0.05) is 5.97 Å². The summed E-state index contributed by atoms with van der Waals surface area (Å²) in [5.41, 5.74) is 0. The van der Waals surface area contributed by atoms with Crippen LogP contribution in [-0.2, 0) is 0 Å². The SMILES string of the molecule is N#CB([O-])O.[Na+]. The van der Waals surface area contributed by atoms with Gasteiger partial charge in [-0.3, -0.25) is 0 Å². The van der Waals surface area contributed by atoms with Crippen LogP contribution in [0.15, 0.2) is 0 Å². The monoisotopic (exact) mass is 93.0 g/mol. The van der Waals surface area contributed by atoms with Gasteiger partial charge in [0.2, 0.25) is 0 Å². The van der Waals surface area contributed by atoms with E-state index in [2.05, 4.69) is 0 Å². The molecule has 0 heterocycles. The van der Waals surface area contributed by atoms with Gasteiger partial charge < -0.3 is 10.0 Å². The van der Waals surface area contributed by atoms with Crippen molar-refractivity contribution in [1.82, 2.24) is 0 Å². The smallest absolute Gasteiger partial charge is 0.844 e. The first kappa shape index (κ1) is 9.69. The summed E-state index contributed by atoms with van der Waals surface area (Å²) in [6.07, 6.45) is 0. The Kier molecular flexibility index (Phi) is 8.84. The van der Waals surface area contributed by atoms with Crippen molar-refractivity contribution in [2.24, 2.45) is 0 Å². The fraction of sp³-hybridized carbons (Fsp3) is 0. The first-order chi connectivity index (χ1) is 2.27. The van der Waals surface area contributed by atoms with Crippen LogP contribution < -0.4 is 34.6 Å². The molecule has 0 fully saturated rings. The van der Waals surface area contributed by atoms with Gasteiger partial charge in [0.1, 0.15) is 0 Å². The van der Waals surface area contributed by atoms with Gasteiger partial charge in [0.25, 0.3) is 0 Å². The van der Waals surface area contributed by atoms with Crippen LogP contribution in [0, 0.1) is 11.2 Å². The second-order valence-corrected chi connectivity index (χ2v) is 0.481. The topological polar surface area (TPSA) is 67.1 Å². The summed E-state index contributed by atoms with van der Waals surface area (Å²) in [7, 11) is -2.06. The predicted molar refractivity (Wildman–Crippen MR) is 13.6 cm³/mol. The molecule has 5 heteroatoms. The molecule has 0 bridgehead atoms. The van der Waals surface area contributed by atoms with Crippen LogP contribution in [0.4, 0.5) is 0 Å². The Labute approximate surface area is 58.0 Å². The summed E-state index contributed by atoms with van der Waals surface area (Å²) in [4.78, 5) is 0. The molecule has 0 aliphatic carbocycles. The molecule has 0 rings (SSSR count). The summed E-state index contributed by atoms with van der Waals surface area (Å²) in [6.45, 7) is 0. The summed E-state index contributed by atoms with van der Waals surface area (Å²) in [5.74, 6) is 1.03. The van der Waals surface area contributed by atoms with E-state index in [1.54, 1.807) is 0 Å². The molecule has 0 saturated carbocycles. The maximum absolute atomic E-state index is 9.09. The predicted octanol–water partition coefficient (Wildman–Crippen LogP) is -5.11. The van der Waals surface area contributed by atoms with Gasteiger partial charge in [-0.1, -0.05) is 0 Å². The molecule has 6 heavy (non-hydrogen) atoms. The fourth-order valence-corrected chi connectivity index (χ4v) is 0. The third kappa shape index (κ3) is 8.82. The molecule has 0 radical (unpaired) electrons. The van der Waals surface area contributed by atoms with Crippen LogP contribution in [0.3, 0.4) is 0 Å². The van der Waals surface area contributed by atoms with Crippen LogP contribution in [0.2, 0.25) is 0 Å². The van der Waals surface area contributed by atoms with E-state index in [-0.39, 0.29) is 29.6 Å². The maximum atomic E-state index is 9.09. The normalized spacial score (nSPS) is 4.83. The van der Waals surface area contributed by atoms with E-state index in [1.165, 1.54) is 0 Å². The van der Waals surface area contributed by atoms with Crippen molar-refractivity contribution >= 4 is 7.12 Å². The summed E-state index contributed by atoms with van der Waals surface area (Å²) in [6, 6.07) is 0. The number of rotatable bonds is 0. The first-order valence-electron chi connectivity index (χ1n) is 1.01. The van der Waals surface area contributed by atoms with Gasteiger partial charge in [-0.2, -0.15) is 0 Å². The molecule has 0 saturated heterocycles. The zero-order chi connectivity index (χ0) is 4.28. The Morgan fingerprint density at radius 3 is 2.00 bits per heavy atom. The Morgan fingerprint density at radius 1 is 1.83 bits per heavy atom. The second kappa shape index (κ2) is 5.47. The van der Waals surface area contributed by atoms with Gasteiger partial charge in [-0.25, -0.2) is 5.26 Å². The van der Waals surface area contributed by atoms with Crippen molar-refractivity contribution in [1.29, 1.82) is 5.26 Å². The van der Waals surface area contributed by atoms with E-state index >= 15 is 0 Å². The van der Waals surface area contributed by atoms with Crippen molar-refractivity contribution in [2.45, 2.75) is 0 Å². The Balaban J connectivity index is 0. The molecule has 0 aromatic carbocycles. The molecule has 1 N–H and O–H groups in total. The zero-order valence-electron chi connectivity index (χ0n) is 3.38. The minimum absolute atomic E-state index is 0. The van der Waals surface area contributed by atoms with Gasteiger partial charge in [0.15, 0.2) is 0 Å². The molecule has 26 valence electrons. The van der Waals surface area contributed by atoms with Crippen molar-refractivity contribution in [3.63, 3.8) is 0 Å². The molecule has 0 aromatic heterocycles. The quantitative estimate of drug-likeness (QED) is 0.304. The Hall–Kier alpha value is 0.475. The summed E-state index contributed by atoms with van der Waals surface area (Å²) >= 11 is 0. The maximum Gasteiger partial charge on any atom is 1.00 e. The molecule has 0 amide bonds. The van der Waals surface area contributed by atoms with E-state index in [9.17, 15) is 0 Å². The molecule has 0 aliphatic heterocycles. The van der Waals surface area contributed by atoms with Crippen LogP contribution >= 0.6 is 0 Å². The molecule has 0 aliphatic rings. The molecular formula is CHBNNaO2. The molecule has 0 atom stereocenters. The number of hydrogen-bond acceptors (Lipinski definition) is 3. The molecular weight excluding hydrogens is 91.8 g/mol. The number of hydrogen-bond donors (Lipinski definition) is 1. The third-order valence-corrected chi connectivity index (χ3v) is 0.110. The first-order valence-corrected chi connectivity index (χ1v) is 1.01. The fourth-order valence-electron chi connectivity index (χ4n) is 0. The van der Waals surface area contributed by atoms with Gasteiger partial charge >= 0.3 is 36.7 Å². The number of nitriles is 1. The van der Waals surface area contributed by atoms with Crippen molar-refractivity contribution in [3.05, 3.63) is 0 Å². The standard InChI is InChI=1S/CHBNO2.Na/c3-1-2(4)5;/h4H;/q-1;+1.